The van der Waals surface area contributed by atoms with E-state index in [1.54, 1.807) is 0 Å². The van der Waals surface area contributed by atoms with Crippen molar-refractivity contribution in [2.75, 3.05) is 0 Å². The van der Waals surface area contributed by atoms with Gasteiger partial charge in [0, 0.05) is 27.7 Å². The van der Waals surface area contributed by atoms with Crippen molar-refractivity contribution in [3.8, 4) is 58.5 Å². The first-order valence-corrected chi connectivity index (χ1v) is 19.1. The van der Waals surface area contributed by atoms with Gasteiger partial charge >= 0.3 is 0 Å². The van der Waals surface area contributed by atoms with Crippen molar-refractivity contribution in [2.24, 2.45) is 0 Å². The van der Waals surface area contributed by atoms with Crippen molar-refractivity contribution in [3.63, 3.8) is 0 Å². The van der Waals surface area contributed by atoms with Gasteiger partial charge in [0.2, 0.25) is 0 Å². The van der Waals surface area contributed by atoms with Crippen LogP contribution in [0.5, 0.6) is 0 Å². The molecule has 55 heavy (non-hydrogen) atoms. The Balaban J connectivity index is 1.31. The van der Waals surface area contributed by atoms with Crippen molar-refractivity contribution >= 4 is 12.2 Å². The monoisotopic (exact) mass is 702 g/mol. The number of hydrogen-bond donors (Lipinski definition) is 0. The standard InChI is InChI=1S/C55H42/c1-3-37-55(38-4-2)53-41-49(39-47(29-25-43-17-9-5-10-18-43)30-26-44-19-11-6-12-20-44)33-35-51(53)52-36-34-50(42-54(52)55)40-48(31-27-45-21-13-7-14-22-45)32-28-46-23-15-8-16-24-46/h5-24,33-36,39-42H,3-4,37-38H2,1-2H3. The molecular weight excluding hydrogens is 661 g/mol. The van der Waals surface area contributed by atoms with Crippen LogP contribution < -0.4 is 0 Å². The predicted octanol–water partition coefficient (Wildman–Crippen LogP) is 12.5. The van der Waals surface area contributed by atoms with Gasteiger partial charge in [-0.3, -0.25) is 0 Å². The zero-order valence-electron chi connectivity index (χ0n) is 31.5. The molecule has 0 atom stereocenters. The Bertz CT molecular complexity index is 2290. The molecule has 0 heterocycles. The summed E-state index contributed by atoms with van der Waals surface area (Å²) in [5.74, 6) is 26.9. The maximum atomic E-state index is 3.39. The van der Waals surface area contributed by atoms with E-state index in [1.807, 2.05) is 121 Å². The van der Waals surface area contributed by atoms with Gasteiger partial charge in [-0.2, -0.15) is 0 Å². The van der Waals surface area contributed by atoms with Crippen LogP contribution in [0.25, 0.3) is 23.3 Å². The van der Waals surface area contributed by atoms with Gasteiger partial charge in [-0.05, 0) is 107 Å². The third kappa shape index (κ3) is 8.99. The average Bonchev–Trinajstić information content (AvgIpc) is 3.49. The van der Waals surface area contributed by atoms with Crippen LogP contribution in [0, 0.1) is 47.4 Å². The lowest BCUT2D eigenvalue weighted by atomic mass is 9.71. The molecule has 262 valence electrons. The van der Waals surface area contributed by atoms with Crippen molar-refractivity contribution in [2.45, 2.75) is 44.9 Å². The fraction of sp³-hybridized carbons (Fsp3) is 0.127. The average molecular weight is 703 g/mol. The van der Waals surface area contributed by atoms with Crippen molar-refractivity contribution in [1.29, 1.82) is 0 Å². The molecule has 0 unspecified atom stereocenters. The molecule has 0 N–H and O–H groups in total. The van der Waals surface area contributed by atoms with Gasteiger partial charge < -0.3 is 0 Å². The third-order valence-corrected chi connectivity index (χ3v) is 9.85. The van der Waals surface area contributed by atoms with Gasteiger partial charge in [0.05, 0.1) is 11.1 Å². The molecule has 7 rings (SSSR count). The molecular formula is C55H42. The first-order valence-electron chi connectivity index (χ1n) is 19.1. The van der Waals surface area contributed by atoms with Crippen LogP contribution in [0.2, 0.25) is 0 Å². The van der Waals surface area contributed by atoms with Crippen molar-refractivity contribution in [1.82, 2.24) is 0 Å². The maximum Gasteiger partial charge on any atom is 0.0757 e. The van der Waals surface area contributed by atoms with Crippen LogP contribution in [-0.2, 0) is 5.41 Å². The molecule has 0 aliphatic heterocycles. The second-order valence-corrected chi connectivity index (χ2v) is 13.8. The first-order chi connectivity index (χ1) is 27.1. The van der Waals surface area contributed by atoms with Crippen LogP contribution in [0.3, 0.4) is 0 Å². The van der Waals surface area contributed by atoms with Crippen molar-refractivity contribution < 1.29 is 0 Å². The second-order valence-electron chi connectivity index (χ2n) is 13.8. The highest BCUT2D eigenvalue weighted by Gasteiger charge is 2.41. The Morgan fingerprint density at radius 1 is 0.418 bits per heavy atom. The molecule has 0 fully saturated rings. The Morgan fingerprint density at radius 2 is 0.727 bits per heavy atom. The minimum absolute atomic E-state index is 0.112. The molecule has 0 amide bonds. The van der Waals surface area contributed by atoms with E-state index in [0.29, 0.717) is 0 Å². The number of benzene rings is 6. The minimum atomic E-state index is -0.112. The first kappa shape index (κ1) is 36.4. The molecule has 0 bridgehead atoms. The summed E-state index contributed by atoms with van der Waals surface area (Å²) in [6, 6.07) is 54.2. The highest BCUT2D eigenvalue weighted by atomic mass is 14.4. The molecule has 0 heteroatoms. The summed E-state index contributed by atoms with van der Waals surface area (Å²) in [7, 11) is 0. The smallest absolute Gasteiger partial charge is 0.0653 e. The van der Waals surface area contributed by atoms with Crippen molar-refractivity contribution in [3.05, 3.63) is 213 Å². The number of allylic oxidation sites excluding steroid dienone is 2. The molecule has 6 aromatic rings. The molecule has 0 saturated heterocycles. The van der Waals surface area contributed by atoms with E-state index in [1.165, 1.54) is 22.3 Å². The van der Waals surface area contributed by atoms with Gasteiger partial charge in [-0.25, -0.2) is 0 Å². The van der Waals surface area contributed by atoms with Crippen LogP contribution in [0.4, 0.5) is 0 Å². The fourth-order valence-corrected chi connectivity index (χ4v) is 7.41. The number of hydrogen-bond acceptors (Lipinski definition) is 0. The zero-order valence-corrected chi connectivity index (χ0v) is 31.5. The fourth-order valence-electron chi connectivity index (χ4n) is 7.41. The Morgan fingerprint density at radius 3 is 1.02 bits per heavy atom. The topological polar surface area (TPSA) is 0 Å². The predicted molar refractivity (Wildman–Crippen MR) is 232 cm³/mol. The Hall–Kier alpha value is -6.96. The number of rotatable bonds is 6. The molecule has 0 radical (unpaired) electrons. The summed E-state index contributed by atoms with van der Waals surface area (Å²) in [6.45, 7) is 4.60. The van der Waals surface area contributed by atoms with E-state index < -0.39 is 0 Å². The van der Waals surface area contributed by atoms with E-state index in [4.69, 9.17) is 0 Å². The third-order valence-electron chi connectivity index (χ3n) is 9.85. The van der Waals surface area contributed by atoms with Crippen LogP contribution >= 0.6 is 0 Å². The highest BCUT2D eigenvalue weighted by Crippen LogP contribution is 2.54. The largest absolute Gasteiger partial charge is 0.0757 e. The van der Waals surface area contributed by atoms with Gasteiger partial charge in [0.1, 0.15) is 0 Å². The van der Waals surface area contributed by atoms with Crippen LogP contribution in [0.1, 0.15) is 84.0 Å². The summed E-state index contributed by atoms with van der Waals surface area (Å²) in [5.41, 5.74) is 12.9. The van der Waals surface area contributed by atoms with Gasteiger partial charge in [0.15, 0.2) is 0 Å². The maximum absolute atomic E-state index is 3.39. The second kappa shape index (κ2) is 17.7. The molecule has 6 aromatic carbocycles. The summed E-state index contributed by atoms with van der Waals surface area (Å²) in [4.78, 5) is 0. The lowest BCUT2D eigenvalue weighted by Crippen LogP contribution is -2.25. The Kier molecular flexibility index (Phi) is 11.7. The molecule has 0 saturated carbocycles. The summed E-state index contributed by atoms with van der Waals surface area (Å²) in [6.07, 6.45) is 8.57. The van der Waals surface area contributed by atoms with Gasteiger partial charge in [0.25, 0.3) is 0 Å². The molecule has 1 aliphatic carbocycles. The lowest BCUT2D eigenvalue weighted by Gasteiger charge is -2.32. The summed E-state index contributed by atoms with van der Waals surface area (Å²) >= 11 is 0. The normalized spacial score (nSPS) is 11.3. The van der Waals surface area contributed by atoms with Crippen LogP contribution in [0.15, 0.2) is 169 Å². The quantitative estimate of drug-likeness (QED) is 0.152. The van der Waals surface area contributed by atoms with E-state index in [9.17, 15) is 0 Å². The molecule has 0 nitrogen and oxygen atoms in total. The molecule has 0 aromatic heterocycles. The SMILES string of the molecule is CCCC1(CCC)c2cc(C=C(C#Cc3ccccc3)C#Cc3ccccc3)ccc2-c2ccc(C=C(C#Cc3ccccc3)C#Cc3ccccc3)cc21. The Labute approximate surface area is 327 Å². The van der Waals surface area contributed by atoms with E-state index >= 15 is 0 Å². The molecule has 0 spiro atoms. The lowest BCUT2D eigenvalue weighted by molar-refractivity contribution is 0.435. The summed E-state index contributed by atoms with van der Waals surface area (Å²) in [5, 5.41) is 0. The highest BCUT2D eigenvalue weighted by molar-refractivity contribution is 5.84. The van der Waals surface area contributed by atoms with E-state index in [0.717, 1.165) is 70.2 Å². The van der Waals surface area contributed by atoms with E-state index in [2.05, 4.69) is 110 Å². The van der Waals surface area contributed by atoms with Gasteiger partial charge in [-0.15, -0.1) is 0 Å². The zero-order chi connectivity index (χ0) is 37.7. The van der Waals surface area contributed by atoms with Gasteiger partial charge in [-0.1, -0.05) is 183 Å². The molecule has 1 aliphatic rings. The van der Waals surface area contributed by atoms with Crippen LogP contribution in [-0.4, -0.2) is 0 Å². The number of fused-ring (bicyclic) bond motifs is 3. The van der Waals surface area contributed by atoms with E-state index in [-0.39, 0.29) is 5.41 Å². The minimum Gasteiger partial charge on any atom is -0.0653 e. The summed E-state index contributed by atoms with van der Waals surface area (Å²) < 4.78 is 0.